The van der Waals surface area contributed by atoms with Gasteiger partial charge in [-0.2, -0.15) is 0 Å². The Bertz CT molecular complexity index is 867. The summed E-state index contributed by atoms with van der Waals surface area (Å²) in [5, 5.41) is 4.81. The van der Waals surface area contributed by atoms with Crippen LogP contribution in [0.5, 0.6) is 5.75 Å². The highest BCUT2D eigenvalue weighted by molar-refractivity contribution is 7.16. The number of ketones is 1. The van der Waals surface area contributed by atoms with Crippen LogP contribution in [0.4, 0.5) is 0 Å². The maximum absolute atomic E-state index is 12.3. The number of thiophene rings is 2. The van der Waals surface area contributed by atoms with Crippen LogP contribution in [-0.2, 0) is 17.8 Å². The molecule has 0 aliphatic carbocycles. The van der Waals surface area contributed by atoms with Crippen molar-refractivity contribution in [2.75, 3.05) is 7.11 Å². The molecule has 0 aliphatic heterocycles. The van der Waals surface area contributed by atoms with Crippen molar-refractivity contribution in [2.45, 2.75) is 19.4 Å². The quantitative estimate of drug-likeness (QED) is 0.588. The molecule has 3 rings (SSSR count). The van der Waals surface area contributed by atoms with Gasteiger partial charge in [-0.05, 0) is 47.7 Å². The predicted octanol–water partition coefficient (Wildman–Crippen LogP) is 4.30. The van der Waals surface area contributed by atoms with Crippen LogP contribution in [-0.4, -0.2) is 18.8 Å². The van der Waals surface area contributed by atoms with E-state index in [-0.39, 0.29) is 11.7 Å². The SMILES string of the molecule is COc1ccc(CCC(=O)NCc2ccc(C(=O)c3cccs3)s2)cc1. The van der Waals surface area contributed by atoms with Crippen molar-refractivity contribution in [2.24, 2.45) is 0 Å². The number of hydrogen-bond acceptors (Lipinski definition) is 5. The molecule has 0 saturated carbocycles. The molecule has 0 atom stereocenters. The fourth-order valence-corrected chi connectivity index (χ4v) is 4.09. The summed E-state index contributed by atoms with van der Waals surface area (Å²) in [7, 11) is 1.63. The van der Waals surface area contributed by atoms with E-state index in [4.69, 9.17) is 4.74 Å². The number of ether oxygens (including phenoxy) is 1. The first-order valence-corrected chi connectivity index (χ1v) is 9.92. The van der Waals surface area contributed by atoms with E-state index >= 15 is 0 Å². The maximum Gasteiger partial charge on any atom is 0.220 e. The number of carbonyl (C=O) groups is 2. The highest BCUT2D eigenvalue weighted by Gasteiger charge is 2.13. The van der Waals surface area contributed by atoms with Crippen LogP contribution >= 0.6 is 22.7 Å². The van der Waals surface area contributed by atoms with E-state index in [0.717, 1.165) is 21.1 Å². The summed E-state index contributed by atoms with van der Waals surface area (Å²) in [6.07, 6.45) is 1.11. The van der Waals surface area contributed by atoms with Gasteiger partial charge < -0.3 is 10.1 Å². The molecule has 0 radical (unpaired) electrons. The zero-order valence-corrected chi connectivity index (χ0v) is 16.0. The summed E-state index contributed by atoms with van der Waals surface area (Å²) >= 11 is 2.87. The zero-order chi connectivity index (χ0) is 18.4. The molecule has 1 aromatic carbocycles. The van der Waals surface area contributed by atoms with Gasteiger partial charge in [-0.3, -0.25) is 9.59 Å². The topological polar surface area (TPSA) is 55.4 Å². The number of carbonyl (C=O) groups excluding carboxylic acids is 2. The maximum atomic E-state index is 12.3. The summed E-state index contributed by atoms with van der Waals surface area (Å²) in [5.74, 6) is 0.853. The molecule has 1 amide bonds. The molecule has 0 aliphatic rings. The second-order valence-electron chi connectivity index (χ2n) is 5.70. The second kappa shape index (κ2) is 8.78. The molecule has 1 N–H and O–H groups in total. The van der Waals surface area contributed by atoms with E-state index in [1.807, 2.05) is 53.9 Å². The molecular formula is C20H19NO3S2. The van der Waals surface area contributed by atoms with Gasteiger partial charge in [0, 0.05) is 11.3 Å². The highest BCUT2D eigenvalue weighted by atomic mass is 32.1. The van der Waals surface area contributed by atoms with Crippen LogP contribution in [0, 0.1) is 0 Å². The predicted molar refractivity (Wildman–Crippen MR) is 105 cm³/mol. The van der Waals surface area contributed by atoms with E-state index in [1.165, 1.54) is 22.7 Å². The average molecular weight is 386 g/mol. The highest BCUT2D eigenvalue weighted by Crippen LogP contribution is 2.22. The molecule has 26 heavy (non-hydrogen) atoms. The van der Waals surface area contributed by atoms with E-state index in [0.29, 0.717) is 24.3 Å². The number of hydrogen-bond donors (Lipinski definition) is 1. The Morgan fingerprint density at radius 1 is 1.04 bits per heavy atom. The van der Waals surface area contributed by atoms with Crippen LogP contribution in [0.3, 0.4) is 0 Å². The normalized spacial score (nSPS) is 10.5. The molecule has 3 aromatic rings. The largest absolute Gasteiger partial charge is 0.497 e. The third kappa shape index (κ3) is 4.80. The molecule has 4 nitrogen and oxygen atoms in total. The molecule has 134 valence electrons. The number of aryl methyl sites for hydroxylation is 1. The van der Waals surface area contributed by atoms with Crippen molar-refractivity contribution >= 4 is 34.4 Å². The van der Waals surface area contributed by atoms with Crippen molar-refractivity contribution in [3.05, 3.63) is 74.1 Å². The van der Waals surface area contributed by atoms with Gasteiger partial charge in [-0.25, -0.2) is 0 Å². The van der Waals surface area contributed by atoms with Crippen LogP contribution in [0.2, 0.25) is 0 Å². The standard InChI is InChI=1S/C20H19NO3S2/c1-24-15-7-4-14(5-8-15)6-11-19(22)21-13-16-9-10-18(26-16)20(23)17-3-2-12-25-17/h2-5,7-10,12H,6,11,13H2,1H3,(H,21,22). The first-order chi connectivity index (χ1) is 12.7. The Kier molecular flexibility index (Phi) is 6.20. The van der Waals surface area contributed by atoms with Crippen LogP contribution in [0.15, 0.2) is 53.9 Å². The minimum absolute atomic E-state index is 0.000325. The molecule has 2 heterocycles. The zero-order valence-electron chi connectivity index (χ0n) is 14.4. The van der Waals surface area contributed by atoms with Crippen molar-refractivity contribution in [3.63, 3.8) is 0 Å². The van der Waals surface area contributed by atoms with Crippen LogP contribution in [0.1, 0.15) is 31.4 Å². The van der Waals surface area contributed by atoms with E-state index < -0.39 is 0 Å². The Morgan fingerprint density at radius 2 is 1.85 bits per heavy atom. The smallest absolute Gasteiger partial charge is 0.220 e. The first-order valence-electron chi connectivity index (χ1n) is 8.22. The van der Waals surface area contributed by atoms with Crippen molar-refractivity contribution in [1.82, 2.24) is 5.32 Å². The van der Waals surface area contributed by atoms with Crippen LogP contribution in [0.25, 0.3) is 0 Å². The van der Waals surface area contributed by atoms with Crippen molar-refractivity contribution < 1.29 is 14.3 Å². The van der Waals surface area contributed by atoms with E-state index in [2.05, 4.69) is 5.32 Å². The Labute approximate surface area is 160 Å². The molecule has 0 bridgehead atoms. The molecule has 0 fully saturated rings. The first kappa shape index (κ1) is 18.4. The van der Waals surface area contributed by atoms with Crippen LogP contribution < -0.4 is 10.1 Å². The monoisotopic (exact) mass is 385 g/mol. The number of benzene rings is 1. The summed E-state index contributed by atoms with van der Waals surface area (Å²) in [5.41, 5.74) is 1.10. The Morgan fingerprint density at radius 3 is 2.54 bits per heavy atom. The molecule has 2 aromatic heterocycles. The van der Waals surface area contributed by atoms with E-state index in [9.17, 15) is 9.59 Å². The fourth-order valence-electron chi connectivity index (χ4n) is 2.45. The Hall–Kier alpha value is -2.44. The summed E-state index contributed by atoms with van der Waals surface area (Å²) < 4.78 is 5.12. The van der Waals surface area contributed by atoms with Gasteiger partial charge in [-0.1, -0.05) is 18.2 Å². The number of rotatable bonds is 8. The minimum atomic E-state index is 0.000325. The molecule has 6 heteroatoms. The lowest BCUT2D eigenvalue weighted by molar-refractivity contribution is -0.121. The van der Waals surface area contributed by atoms with E-state index in [1.54, 1.807) is 7.11 Å². The van der Waals surface area contributed by atoms with Gasteiger partial charge in [0.05, 0.1) is 23.4 Å². The third-order valence-corrected chi connectivity index (χ3v) is 5.84. The van der Waals surface area contributed by atoms with Gasteiger partial charge in [0.2, 0.25) is 11.7 Å². The van der Waals surface area contributed by atoms with Crippen molar-refractivity contribution in [3.8, 4) is 5.75 Å². The minimum Gasteiger partial charge on any atom is -0.497 e. The van der Waals surface area contributed by atoms with Gasteiger partial charge >= 0.3 is 0 Å². The lowest BCUT2D eigenvalue weighted by atomic mass is 10.1. The number of amides is 1. The number of nitrogens with one attached hydrogen (secondary N) is 1. The van der Waals surface area contributed by atoms with Gasteiger partial charge in [0.15, 0.2) is 0 Å². The third-order valence-electron chi connectivity index (χ3n) is 3.89. The average Bonchev–Trinajstić information content (AvgIpc) is 3.36. The van der Waals surface area contributed by atoms with Crippen molar-refractivity contribution in [1.29, 1.82) is 0 Å². The molecule has 0 unspecified atom stereocenters. The molecule has 0 saturated heterocycles. The molecule has 0 spiro atoms. The lowest BCUT2D eigenvalue weighted by Crippen LogP contribution is -2.22. The van der Waals surface area contributed by atoms with Gasteiger partial charge in [0.1, 0.15) is 5.75 Å². The fraction of sp³-hybridized carbons (Fsp3) is 0.200. The summed E-state index contributed by atoms with van der Waals surface area (Å²) in [4.78, 5) is 26.7. The summed E-state index contributed by atoms with van der Waals surface area (Å²) in [6, 6.07) is 15.1. The Balaban J connectivity index is 1.46. The second-order valence-corrected chi connectivity index (χ2v) is 7.81. The molecular weight excluding hydrogens is 366 g/mol. The summed E-state index contributed by atoms with van der Waals surface area (Å²) in [6.45, 7) is 0.448. The van der Waals surface area contributed by atoms with Gasteiger partial charge in [0.25, 0.3) is 0 Å². The lowest BCUT2D eigenvalue weighted by Gasteiger charge is -2.05. The van der Waals surface area contributed by atoms with Gasteiger partial charge in [-0.15, -0.1) is 22.7 Å². The number of methoxy groups -OCH3 is 1.